The van der Waals surface area contributed by atoms with Crippen molar-refractivity contribution >= 4 is 49.2 Å². The summed E-state index contributed by atoms with van der Waals surface area (Å²) in [4.78, 5) is 24.8. The third kappa shape index (κ3) is 4.83. The largest absolute Gasteiger partial charge is 0.255 e. The van der Waals surface area contributed by atoms with Crippen LogP contribution in [0.25, 0.3) is 83.0 Å². The topological polar surface area (TPSA) is 64.5 Å². The van der Waals surface area contributed by atoms with Crippen LogP contribution < -0.4 is 0 Å². The Morgan fingerprint density at radius 2 is 1.38 bits per heavy atom. The van der Waals surface area contributed by atoms with Gasteiger partial charge in [0.15, 0.2) is 5.65 Å². The van der Waals surface area contributed by atoms with Crippen LogP contribution in [-0.4, -0.2) is 24.9 Å². The Bertz CT molecular complexity index is 2570. The van der Waals surface area contributed by atoms with Gasteiger partial charge in [-0.3, -0.25) is 9.97 Å². The van der Waals surface area contributed by atoms with Gasteiger partial charge in [0.05, 0.1) is 33.8 Å². The summed E-state index contributed by atoms with van der Waals surface area (Å²) in [6, 6.07) is 38.0. The minimum Gasteiger partial charge on any atom is -0.255 e. The zero-order valence-corrected chi connectivity index (χ0v) is 26.5. The number of benzene rings is 3. The molecule has 0 amide bonds. The van der Waals surface area contributed by atoms with E-state index in [4.69, 9.17) is 15.0 Å². The SMILES string of the molecule is CCC1CC=CC=C1c1cc(-c2ccc(-c3nc4nc5c(ccc6cccnc65)cc4c4ccccc34)cc2)cc(-c2ccccn2)n1. The summed E-state index contributed by atoms with van der Waals surface area (Å²) < 4.78 is 0. The molecule has 0 spiro atoms. The molecular weight excluding hydrogens is 587 g/mol. The van der Waals surface area contributed by atoms with Gasteiger partial charge < -0.3 is 0 Å². The van der Waals surface area contributed by atoms with Crippen molar-refractivity contribution < 1.29 is 0 Å². The fourth-order valence-corrected chi connectivity index (χ4v) is 7.03. The highest BCUT2D eigenvalue weighted by molar-refractivity contribution is 6.14. The molecule has 0 aliphatic heterocycles. The van der Waals surface area contributed by atoms with Crippen LogP contribution >= 0.6 is 0 Å². The molecule has 1 aliphatic rings. The molecule has 9 rings (SSSR count). The van der Waals surface area contributed by atoms with Crippen molar-refractivity contribution in [2.24, 2.45) is 5.92 Å². The van der Waals surface area contributed by atoms with E-state index in [1.165, 1.54) is 5.57 Å². The van der Waals surface area contributed by atoms with Gasteiger partial charge in [0.2, 0.25) is 0 Å². The molecule has 5 aromatic heterocycles. The number of fused-ring (bicyclic) bond motifs is 6. The predicted molar refractivity (Wildman–Crippen MR) is 197 cm³/mol. The molecule has 0 N–H and O–H groups in total. The molecule has 0 saturated carbocycles. The van der Waals surface area contributed by atoms with Crippen LogP contribution in [0.3, 0.4) is 0 Å². The highest BCUT2D eigenvalue weighted by atomic mass is 14.9. The van der Waals surface area contributed by atoms with Gasteiger partial charge in [-0.25, -0.2) is 15.0 Å². The first-order valence-electron chi connectivity index (χ1n) is 16.5. The van der Waals surface area contributed by atoms with Gasteiger partial charge in [0.25, 0.3) is 0 Å². The van der Waals surface area contributed by atoms with E-state index >= 15 is 0 Å². The number of nitrogens with zero attached hydrogens (tertiary/aromatic N) is 5. The van der Waals surface area contributed by atoms with Crippen LogP contribution in [0.5, 0.6) is 0 Å². The number of hydrogen-bond donors (Lipinski definition) is 0. The Morgan fingerprint density at radius 1 is 0.583 bits per heavy atom. The maximum atomic E-state index is 5.21. The summed E-state index contributed by atoms with van der Waals surface area (Å²) in [5.41, 5.74) is 10.7. The molecule has 5 heteroatoms. The molecule has 0 saturated heterocycles. The highest BCUT2D eigenvalue weighted by Gasteiger charge is 2.19. The third-order valence-electron chi connectivity index (χ3n) is 9.53. The molecular formula is C43H31N5. The molecule has 5 nitrogen and oxygen atoms in total. The molecule has 1 unspecified atom stereocenters. The van der Waals surface area contributed by atoms with E-state index in [1.54, 1.807) is 0 Å². The van der Waals surface area contributed by atoms with Gasteiger partial charge in [0.1, 0.15) is 0 Å². The van der Waals surface area contributed by atoms with E-state index in [9.17, 15) is 0 Å². The lowest BCUT2D eigenvalue weighted by atomic mass is 9.86. The second kappa shape index (κ2) is 11.6. The Morgan fingerprint density at radius 3 is 2.23 bits per heavy atom. The molecule has 5 heterocycles. The van der Waals surface area contributed by atoms with E-state index in [2.05, 4.69) is 120 Å². The second-order valence-electron chi connectivity index (χ2n) is 12.4. The zero-order chi connectivity index (χ0) is 32.0. The molecule has 0 fully saturated rings. The van der Waals surface area contributed by atoms with Crippen LogP contribution in [0, 0.1) is 5.92 Å². The first kappa shape index (κ1) is 28.2. The summed E-state index contributed by atoms with van der Waals surface area (Å²) in [6.07, 6.45) is 12.4. The first-order valence-corrected chi connectivity index (χ1v) is 16.5. The smallest absolute Gasteiger partial charge is 0.161 e. The average Bonchev–Trinajstić information content (AvgIpc) is 3.17. The molecule has 1 aliphatic carbocycles. The number of pyridine rings is 5. The van der Waals surface area contributed by atoms with E-state index in [1.807, 2.05) is 36.7 Å². The third-order valence-corrected chi connectivity index (χ3v) is 9.53. The Balaban J connectivity index is 1.18. The van der Waals surface area contributed by atoms with Crippen molar-refractivity contribution in [3.05, 3.63) is 146 Å². The van der Waals surface area contributed by atoms with Crippen molar-refractivity contribution in [3.63, 3.8) is 0 Å². The quantitative estimate of drug-likeness (QED) is 0.142. The van der Waals surface area contributed by atoms with Gasteiger partial charge in [-0.2, -0.15) is 0 Å². The zero-order valence-electron chi connectivity index (χ0n) is 26.5. The van der Waals surface area contributed by atoms with Crippen LogP contribution in [0.15, 0.2) is 140 Å². The number of allylic oxidation sites excluding steroid dienone is 4. The lowest BCUT2D eigenvalue weighted by molar-refractivity contribution is 0.649. The van der Waals surface area contributed by atoms with Crippen molar-refractivity contribution in [2.45, 2.75) is 19.8 Å². The lowest BCUT2D eigenvalue weighted by Gasteiger charge is -2.21. The molecule has 8 aromatic rings. The van der Waals surface area contributed by atoms with E-state index in [0.717, 1.165) is 95.9 Å². The van der Waals surface area contributed by atoms with Gasteiger partial charge in [-0.1, -0.05) is 97.9 Å². The Kier molecular flexibility index (Phi) is 6.82. The van der Waals surface area contributed by atoms with Crippen molar-refractivity contribution in [1.29, 1.82) is 0 Å². The lowest BCUT2D eigenvalue weighted by Crippen LogP contribution is -2.06. The van der Waals surface area contributed by atoms with Crippen LogP contribution in [0.2, 0.25) is 0 Å². The first-order chi connectivity index (χ1) is 23.7. The van der Waals surface area contributed by atoms with E-state index in [0.29, 0.717) is 5.92 Å². The Hall–Kier alpha value is -6.07. The van der Waals surface area contributed by atoms with Crippen molar-refractivity contribution in [2.75, 3.05) is 0 Å². The number of hydrogen-bond acceptors (Lipinski definition) is 5. The number of aromatic nitrogens is 5. The van der Waals surface area contributed by atoms with Crippen LogP contribution in [0.1, 0.15) is 25.5 Å². The maximum Gasteiger partial charge on any atom is 0.161 e. The molecule has 3 aromatic carbocycles. The standard InChI is InChI=1S/C43H31N5/c1-2-27-10-3-4-12-33(27)38-25-32(26-39(46-38)37-15-7-8-22-44-37)28-16-18-30(19-17-28)40-35-14-6-5-13-34(35)36-24-31-21-20-29-11-9-23-45-41(29)42(31)48-43(36)47-40/h3-9,11-27H,2,10H2,1H3. The number of rotatable bonds is 5. The average molecular weight is 618 g/mol. The fourth-order valence-electron chi connectivity index (χ4n) is 7.03. The summed E-state index contributed by atoms with van der Waals surface area (Å²) >= 11 is 0. The minimum atomic E-state index is 0.448. The van der Waals surface area contributed by atoms with Gasteiger partial charge in [0, 0.05) is 39.5 Å². The molecule has 0 bridgehead atoms. The summed E-state index contributed by atoms with van der Waals surface area (Å²) in [5, 5.41) is 5.41. The fraction of sp³-hybridized carbons (Fsp3) is 0.0930. The Labute approximate surface area is 278 Å². The molecule has 48 heavy (non-hydrogen) atoms. The minimum absolute atomic E-state index is 0.448. The molecule has 0 radical (unpaired) electrons. The maximum absolute atomic E-state index is 5.21. The summed E-state index contributed by atoms with van der Waals surface area (Å²) in [7, 11) is 0. The highest BCUT2D eigenvalue weighted by Crippen LogP contribution is 2.37. The van der Waals surface area contributed by atoms with Gasteiger partial charge >= 0.3 is 0 Å². The molecule has 1 atom stereocenters. The monoisotopic (exact) mass is 617 g/mol. The van der Waals surface area contributed by atoms with Crippen molar-refractivity contribution in [3.8, 4) is 33.8 Å². The van der Waals surface area contributed by atoms with Crippen LogP contribution in [-0.2, 0) is 0 Å². The summed E-state index contributed by atoms with van der Waals surface area (Å²) in [6.45, 7) is 2.25. The second-order valence-corrected chi connectivity index (χ2v) is 12.4. The van der Waals surface area contributed by atoms with E-state index in [-0.39, 0.29) is 0 Å². The normalized spacial score (nSPS) is 14.6. The van der Waals surface area contributed by atoms with Gasteiger partial charge in [-0.05, 0) is 77.2 Å². The predicted octanol–water partition coefficient (Wildman–Crippen LogP) is 10.6. The summed E-state index contributed by atoms with van der Waals surface area (Å²) in [5.74, 6) is 0.448. The van der Waals surface area contributed by atoms with Crippen LogP contribution in [0.4, 0.5) is 0 Å². The van der Waals surface area contributed by atoms with Gasteiger partial charge in [-0.15, -0.1) is 0 Å². The van der Waals surface area contributed by atoms with E-state index < -0.39 is 0 Å². The molecule has 228 valence electrons. The van der Waals surface area contributed by atoms with Crippen molar-refractivity contribution in [1.82, 2.24) is 24.9 Å².